The van der Waals surface area contributed by atoms with Crippen molar-refractivity contribution >= 4 is 0 Å². The van der Waals surface area contributed by atoms with Crippen molar-refractivity contribution in [2.75, 3.05) is 0 Å². The number of hydrogen-bond acceptors (Lipinski definition) is 1. The second kappa shape index (κ2) is 4.41. The van der Waals surface area contributed by atoms with Crippen LogP contribution in [0.3, 0.4) is 0 Å². The summed E-state index contributed by atoms with van der Waals surface area (Å²) in [6.45, 7) is 2.28. The predicted molar refractivity (Wildman–Crippen MR) is 59.1 cm³/mol. The maximum absolute atomic E-state index is 4.42. The third-order valence-electron chi connectivity index (χ3n) is 3.09. The van der Waals surface area contributed by atoms with Crippen molar-refractivity contribution in [3.05, 3.63) is 42.2 Å². The Morgan fingerprint density at radius 1 is 1.43 bits per heavy atom. The van der Waals surface area contributed by atoms with E-state index in [-0.39, 0.29) is 0 Å². The number of aromatic nitrogens is 1. The van der Waals surface area contributed by atoms with Crippen LogP contribution in [0, 0.1) is 5.92 Å². The summed E-state index contributed by atoms with van der Waals surface area (Å²) in [4.78, 5) is 4.42. The second-order valence-corrected chi connectivity index (χ2v) is 4.07. The Morgan fingerprint density at radius 2 is 2.36 bits per heavy atom. The van der Waals surface area contributed by atoms with E-state index in [1.165, 1.54) is 25.0 Å². The topological polar surface area (TPSA) is 12.9 Å². The lowest BCUT2D eigenvalue weighted by molar-refractivity contribution is 0.463. The lowest BCUT2D eigenvalue weighted by atomic mass is 9.83. The van der Waals surface area contributed by atoms with Crippen molar-refractivity contribution in [3.63, 3.8) is 0 Å². The molecule has 1 heteroatoms. The van der Waals surface area contributed by atoms with Crippen LogP contribution in [0.1, 0.15) is 37.8 Å². The van der Waals surface area contributed by atoms with E-state index >= 15 is 0 Å². The molecule has 0 unspecified atom stereocenters. The molecule has 0 aliphatic heterocycles. The molecule has 1 aromatic rings. The number of hydrogen-bond donors (Lipinski definition) is 0. The van der Waals surface area contributed by atoms with Crippen LogP contribution in [0.25, 0.3) is 0 Å². The highest BCUT2D eigenvalue weighted by Gasteiger charge is 2.18. The molecule has 0 spiro atoms. The van der Waals surface area contributed by atoms with E-state index in [1.54, 1.807) is 0 Å². The van der Waals surface area contributed by atoms with Gasteiger partial charge in [0.25, 0.3) is 0 Å². The molecule has 0 N–H and O–H groups in total. The Morgan fingerprint density at radius 3 is 3.00 bits per heavy atom. The average molecular weight is 187 g/mol. The number of rotatable bonds is 2. The molecule has 0 saturated carbocycles. The van der Waals surface area contributed by atoms with Gasteiger partial charge >= 0.3 is 0 Å². The summed E-state index contributed by atoms with van der Waals surface area (Å²) in [7, 11) is 0. The van der Waals surface area contributed by atoms with Crippen molar-refractivity contribution in [3.8, 4) is 0 Å². The quantitative estimate of drug-likeness (QED) is 0.645. The van der Waals surface area contributed by atoms with Gasteiger partial charge in [-0.15, -0.1) is 0 Å². The molecule has 0 radical (unpaired) electrons. The molecule has 1 heterocycles. The van der Waals surface area contributed by atoms with Crippen LogP contribution in [0.5, 0.6) is 0 Å². The van der Waals surface area contributed by atoms with Gasteiger partial charge in [-0.2, -0.15) is 0 Å². The van der Waals surface area contributed by atoms with Crippen LogP contribution in [-0.4, -0.2) is 4.98 Å². The maximum atomic E-state index is 4.42. The van der Waals surface area contributed by atoms with E-state index < -0.39 is 0 Å². The SMILES string of the molecule is C[C@@H](c1ccccn1)[C@@H]1C=CCCC1. The fraction of sp³-hybridized carbons (Fsp3) is 0.462. The molecule has 2 atom stereocenters. The van der Waals surface area contributed by atoms with Crippen molar-refractivity contribution in [2.45, 2.75) is 32.1 Å². The maximum Gasteiger partial charge on any atom is 0.0437 e. The first-order valence-electron chi connectivity index (χ1n) is 5.45. The van der Waals surface area contributed by atoms with Crippen molar-refractivity contribution in [1.29, 1.82) is 0 Å². The molecular formula is C13H17N. The molecule has 74 valence electrons. The van der Waals surface area contributed by atoms with Crippen LogP contribution in [0.4, 0.5) is 0 Å². The van der Waals surface area contributed by atoms with Crippen LogP contribution in [0.2, 0.25) is 0 Å². The van der Waals surface area contributed by atoms with Crippen LogP contribution >= 0.6 is 0 Å². The van der Waals surface area contributed by atoms with Gasteiger partial charge in [-0.1, -0.05) is 25.1 Å². The Labute approximate surface area is 85.9 Å². The summed E-state index contributed by atoms with van der Waals surface area (Å²) in [6.07, 6.45) is 10.5. The highest BCUT2D eigenvalue weighted by molar-refractivity contribution is 5.13. The minimum atomic E-state index is 0.563. The van der Waals surface area contributed by atoms with Crippen molar-refractivity contribution in [1.82, 2.24) is 4.98 Å². The van der Waals surface area contributed by atoms with E-state index in [2.05, 4.69) is 36.2 Å². The van der Waals surface area contributed by atoms with E-state index in [9.17, 15) is 0 Å². The normalized spacial score (nSPS) is 23.4. The van der Waals surface area contributed by atoms with Gasteiger partial charge in [0.15, 0.2) is 0 Å². The summed E-state index contributed by atoms with van der Waals surface area (Å²) in [5, 5.41) is 0. The van der Waals surface area contributed by atoms with E-state index in [0.29, 0.717) is 11.8 Å². The van der Waals surface area contributed by atoms with E-state index in [1.807, 2.05) is 12.3 Å². The predicted octanol–water partition coefficient (Wildman–Crippen LogP) is 3.54. The molecule has 0 amide bonds. The zero-order valence-corrected chi connectivity index (χ0v) is 8.69. The molecule has 1 aromatic heterocycles. The molecule has 2 rings (SSSR count). The first kappa shape index (κ1) is 9.45. The van der Waals surface area contributed by atoms with Gasteiger partial charge in [0.1, 0.15) is 0 Å². The fourth-order valence-electron chi connectivity index (χ4n) is 2.12. The standard InChI is InChI=1S/C13H17N/c1-11(12-7-3-2-4-8-12)13-9-5-6-10-14-13/h3,5-7,9-12H,2,4,8H2,1H3/t11-,12-/m1/s1. The van der Waals surface area contributed by atoms with E-state index in [0.717, 1.165) is 0 Å². The number of allylic oxidation sites excluding steroid dienone is 2. The minimum absolute atomic E-state index is 0.563. The highest BCUT2D eigenvalue weighted by Crippen LogP contribution is 2.30. The van der Waals surface area contributed by atoms with Gasteiger partial charge in [0.2, 0.25) is 0 Å². The molecule has 0 fully saturated rings. The molecule has 1 aliphatic rings. The monoisotopic (exact) mass is 187 g/mol. The summed E-state index contributed by atoms with van der Waals surface area (Å²) < 4.78 is 0. The molecule has 0 bridgehead atoms. The highest BCUT2D eigenvalue weighted by atomic mass is 14.7. The average Bonchev–Trinajstić information content (AvgIpc) is 2.30. The molecular weight excluding hydrogens is 170 g/mol. The third kappa shape index (κ3) is 2.03. The Hall–Kier alpha value is -1.11. The minimum Gasteiger partial charge on any atom is -0.261 e. The summed E-state index contributed by atoms with van der Waals surface area (Å²) in [6, 6.07) is 6.19. The van der Waals surface area contributed by atoms with Crippen molar-refractivity contribution in [2.24, 2.45) is 5.92 Å². The van der Waals surface area contributed by atoms with Crippen LogP contribution in [-0.2, 0) is 0 Å². The van der Waals surface area contributed by atoms with Gasteiger partial charge < -0.3 is 0 Å². The second-order valence-electron chi connectivity index (χ2n) is 4.07. The van der Waals surface area contributed by atoms with Gasteiger partial charge in [-0.05, 0) is 37.3 Å². The van der Waals surface area contributed by atoms with Gasteiger partial charge in [-0.3, -0.25) is 4.98 Å². The summed E-state index contributed by atoms with van der Waals surface area (Å²) in [5.74, 6) is 1.26. The number of pyridine rings is 1. The van der Waals surface area contributed by atoms with E-state index in [4.69, 9.17) is 0 Å². The largest absolute Gasteiger partial charge is 0.261 e. The van der Waals surface area contributed by atoms with Gasteiger partial charge in [0.05, 0.1) is 0 Å². The third-order valence-corrected chi connectivity index (χ3v) is 3.09. The Balaban J connectivity index is 2.11. The Kier molecular flexibility index (Phi) is 2.97. The molecule has 14 heavy (non-hydrogen) atoms. The first-order chi connectivity index (χ1) is 6.88. The fourth-order valence-corrected chi connectivity index (χ4v) is 2.12. The molecule has 0 aromatic carbocycles. The lowest BCUT2D eigenvalue weighted by Gasteiger charge is -2.22. The van der Waals surface area contributed by atoms with Crippen molar-refractivity contribution < 1.29 is 0 Å². The number of nitrogens with zero attached hydrogens (tertiary/aromatic N) is 1. The van der Waals surface area contributed by atoms with Crippen LogP contribution < -0.4 is 0 Å². The zero-order valence-electron chi connectivity index (χ0n) is 8.69. The molecule has 1 nitrogen and oxygen atoms in total. The lowest BCUT2D eigenvalue weighted by Crippen LogP contribution is -2.11. The molecule has 1 aliphatic carbocycles. The summed E-state index contributed by atoms with van der Waals surface area (Å²) >= 11 is 0. The molecule has 0 saturated heterocycles. The zero-order chi connectivity index (χ0) is 9.80. The van der Waals surface area contributed by atoms with Gasteiger partial charge in [0, 0.05) is 17.8 Å². The Bertz CT molecular complexity index is 302. The van der Waals surface area contributed by atoms with Gasteiger partial charge in [-0.25, -0.2) is 0 Å². The smallest absolute Gasteiger partial charge is 0.0437 e. The van der Waals surface area contributed by atoms with Crippen LogP contribution in [0.15, 0.2) is 36.5 Å². The first-order valence-corrected chi connectivity index (χ1v) is 5.45. The summed E-state index contributed by atoms with van der Waals surface area (Å²) in [5.41, 5.74) is 1.23.